The Morgan fingerprint density at radius 3 is 2.52 bits per heavy atom. The molecule has 0 fully saturated rings. The van der Waals surface area contributed by atoms with Gasteiger partial charge in [0.15, 0.2) is 23.0 Å². The Labute approximate surface area is 144 Å². The number of phenols is 1. The highest BCUT2D eigenvalue weighted by molar-refractivity contribution is 5.84. The van der Waals surface area contributed by atoms with Crippen LogP contribution in [0.25, 0.3) is 0 Å². The molecule has 0 spiro atoms. The zero-order valence-electron chi connectivity index (χ0n) is 13.9. The van der Waals surface area contributed by atoms with Crippen molar-refractivity contribution < 1.29 is 28.1 Å². The largest absolute Gasteiger partial charge is 0.504 e. The molecule has 7 heteroatoms. The lowest BCUT2D eigenvalue weighted by Crippen LogP contribution is -2.04. The molecular weight excluding hydrogens is 332 g/mol. The number of hydrogen-bond donors (Lipinski definition) is 1. The molecular formula is C18H19F2NO4. The monoisotopic (exact) mass is 351 g/mol. The molecule has 5 nitrogen and oxygen atoms in total. The summed E-state index contributed by atoms with van der Waals surface area (Å²) in [5.74, 6) is 0.644. The van der Waals surface area contributed by atoms with Crippen LogP contribution in [0, 0.1) is 0 Å². The van der Waals surface area contributed by atoms with Crippen molar-refractivity contribution >= 4 is 6.21 Å². The summed E-state index contributed by atoms with van der Waals surface area (Å²) >= 11 is 0. The van der Waals surface area contributed by atoms with Crippen LogP contribution in [0.1, 0.15) is 11.1 Å². The van der Waals surface area contributed by atoms with Gasteiger partial charge in [-0.1, -0.05) is 12.1 Å². The molecule has 0 bridgehead atoms. The van der Waals surface area contributed by atoms with Gasteiger partial charge in [-0.3, -0.25) is 4.99 Å². The number of benzene rings is 2. The average molecular weight is 351 g/mol. The van der Waals surface area contributed by atoms with Crippen molar-refractivity contribution in [3.8, 4) is 23.0 Å². The first-order valence-electron chi connectivity index (χ1n) is 7.52. The lowest BCUT2D eigenvalue weighted by atomic mass is 10.1. The van der Waals surface area contributed by atoms with E-state index in [1.54, 1.807) is 36.5 Å². The molecule has 0 heterocycles. The first-order valence-corrected chi connectivity index (χ1v) is 7.52. The summed E-state index contributed by atoms with van der Waals surface area (Å²) in [6.07, 6.45) is 2.13. The molecule has 0 saturated carbocycles. The highest BCUT2D eigenvalue weighted by Crippen LogP contribution is 2.30. The molecule has 2 rings (SSSR count). The van der Waals surface area contributed by atoms with E-state index in [1.807, 2.05) is 0 Å². The predicted molar refractivity (Wildman–Crippen MR) is 90.4 cm³/mol. The molecule has 25 heavy (non-hydrogen) atoms. The summed E-state index contributed by atoms with van der Waals surface area (Å²) in [6, 6.07) is 9.89. The topological polar surface area (TPSA) is 60.3 Å². The Bertz CT molecular complexity index is 735. The first-order chi connectivity index (χ1) is 12.0. The van der Waals surface area contributed by atoms with Crippen molar-refractivity contribution in [2.75, 3.05) is 20.8 Å². The molecule has 0 aliphatic carbocycles. The van der Waals surface area contributed by atoms with Gasteiger partial charge in [-0.15, -0.1) is 0 Å². The van der Waals surface area contributed by atoms with E-state index in [4.69, 9.17) is 9.47 Å². The van der Waals surface area contributed by atoms with E-state index >= 15 is 0 Å². The minimum atomic E-state index is -2.90. The second-order valence-corrected chi connectivity index (χ2v) is 5.05. The van der Waals surface area contributed by atoms with E-state index in [1.165, 1.54) is 20.3 Å². The normalized spacial score (nSPS) is 11.1. The number of methoxy groups -OCH3 is 2. The number of rotatable bonds is 8. The van der Waals surface area contributed by atoms with Gasteiger partial charge >= 0.3 is 6.61 Å². The quantitative estimate of drug-likeness (QED) is 0.737. The summed E-state index contributed by atoms with van der Waals surface area (Å²) in [5.41, 5.74) is 1.42. The number of alkyl halides is 2. The van der Waals surface area contributed by atoms with E-state index in [-0.39, 0.29) is 17.2 Å². The van der Waals surface area contributed by atoms with Crippen molar-refractivity contribution in [1.82, 2.24) is 0 Å². The lowest BCUT2D eigenvalue weighted by molar-refractivity contribution is -0.0512. The molecule has 1 N–H and O–H groups in total. The first kappa shape index (κ1) is 18.5. The van der Waals surface area contributed by atoms with Crippen LogP contribution in [0.5, 0.6) is 23.0 Å². The molecule has 0 aliphatic rings. The Hall–Kier alpha value is -2.83. The minimum absolute atomic E-state index is 0.00828. The van der Waals surface area contributed by atoms with Gasteiger partial charge in [-0.2, -0.15) is 8.78 Å². The fourth-order valence-corrected chi connectivity index (χ4v) is 2.23. The number of ether oxygens (including phenoxy) is 3. The van der Waals surface area contributed by atoms with E-state index in [0.29, 0.717) is 24.3 Å². The fourth-order valence-electron chi connectivity index (χ4n) is 2.23. The Morgan fingerprint density at radius 2 is 1.84 bits per heavy atom. The second kappa shape index (κ2) is 8.86. The molecule has 0 atom stereocenters. The van der Waals surface area contributed by atoms with Crippen LogP contribution in [0.3, 0.4) is 0 Å². The number of phenolic OH excluding ortho intramolecular Hbond substituents is 1. The smallest absolute Gasteiger partial charge is 0.387 e. The van der Waals surface area contributed by atoms with Crippen molar-refractivity contribution in [2.45, 2.75) is 13.0 Å². The second-order valence-electron chi connectivity index (χ2n) is 5.05. The number of nitrogens with zero attached hydrogens (tertiary/aromatic N) is 1. The van der Waals surface area contributed by atoms with Crippen LogP contribution in [0.2, 0.25) is 0 Å². The lowest BCUT2D eigenvalue weighted by Gasteiger charge is -2.11. The van der Waals surface area contributed by atoms with Crippen molar-refractivity contribution in [2.24, 2.45) is 4.99 Å². The van der Waals surface area contributed by atoms with E-state index < -0.39 is 6.61 Å². The van der Waals surface area contributed by atoms with Gasteiger partial charge in [0.2, 0.25) is 0 Å². The van der Waals surface area contributed by atoms with Gasteiger partial charge in [0.25, 0.3) is 0 Å². The van der Waals surface area contributed by atoms with E-state index in [0.717, 1.165) is 5.56 Å². The Balaban J connectivity index is 2.00. The van der Waals surface area contributed by atoms with Crippen LogP contribution >= 0.6 is 0 Å². The van der Waals surface area contributed by atoms with Gasteiger partial charge in [-0.05, 0) is 36.2 Å². The third-order valence-corrected chi connectivity index (χ3v) is 3.45. The number of para-hydroxylation sites is 1. The summed E-state index contributed by atoms with van der Waals surface area (Å²) in [6.45, 7) is -2.45. The molecule has 0 aromatic heterocycles. The van der Waals surface area contributed by atoms with Gasteiger partial charge in [-0.25, -0.2) is 0 Å². The number of aliphatic imine (C=N–C) groups is 1. The third kappa shape index (κ3) is 5.07. The van der Waals surface area contributed by atoms with E-state index in [9.17, 15) is 13.9 Å². The summed E-state index contributed by atoms with van der Waals surface area (Å²) in [5, 5.41) is 9.97. The zero-order chi connectivity index (χ0) is 18.2. The third-order valence-electron chi connectivity index (χ3n) is 3.45. The molecule has 2 aromatic rings. The fraction of sp³-hybridized carbons (Fsp3) is 0.278. The SMILES string of the molecule is COc1cc(CCN=Cc2cccc(OC)c2O)ccc1OC(F)F. The van der Waals surface area contributed by atoms with Crippen LogP contribution in [-0.4, -0.2) is 38.7 Å². The molecule has 134 valence electrons. The maximum absolute atomic E-state index is 12.3. The molecule has 0 radical (unpaired) electrons. The van der Waals surface area contributed by atoms with Gasteiger partial charge in [0, 0.05) is 18.3 Å². The van der Waals surface area contributed by atoms with Crippen LogP contribution in [-0.2, 0) is 6.42 Å². The highest BCUT2D eigenvalue weighted by atomic mass is 19.3. The van der Waals surface area contributed by atoms with Crippen LogP contribution in [0.4, 0.5) is 8.78 Å². The Morgan fingerprint density at radius 1 is 1.08 bits per heavy atom. The maximum Gasteiger partial charge on any atom is 0.387 e. The van der Waals surface area contributed by atoms with Crippen molar-refractivity contribution in [3.05, 3.63) is 47.5 Å². The molecule has 0 unspecified atom stereocenters. The maximum atomic E-state index is 12.3. The van der Waals surface area contributed by atoms with Crippen molar-refractivity contribution in [3.63, 3.8) is 0 Å². The number of halogens is 2. The summed E-state index contributed by atoms with van der Waals surface area (Å²) in [4.78, 5) is 4.27. The van der Waals surface area contributed by atoms with Crippen LogP contribution < -0.4 is 14.2 Å². The average Bonchev–Trinajstić information content (AvgIpc) is 2.60. The molecule has 0 aliphatic heterocycles. The highest BCUT2D eigenvalue weighted by Gasteiger charge is 2.11. The number of hydrogen-bond acceptors (Lipinski definition) is 5. The van der Waals surface area contributed by atoms with Gasteiger partial charge in [0.1, 0.15) is 0 Å². The Kier molecular flexibility index (Phi) is 6.56. The zero-order valence-corrected chi connectivity index (χ0v) is 13.9. The molecule has 0 saturated heterocycles. The summed E-state index contributed by atoms with van der Waals surface area (Å²) in [7, 11) is 2.87. The summed E-state index contributed by atoms with van der Waals surface area (Å²) < 4.78 is 39.1. The van der Waals surface area contributed by atoms with Gasteiger partial charge < -0.3 is 19.3 Å². The minimum Gasteiger partial charge on any atom is -0.504 e. The molecule has 0 amide bonds. The van der Waals surface area contributed by atoms with Crippen molar-refractivity contribution in [1.29, 1.82) is 0 Å². The van der Waals surface area contributed by atoms with Gasteiger partial charge in [0.05, 0.1) is 14.2 Å². The van der Waals surface area contributed by atoms with E-state index in [2.05, 4.69) is 9.73 Å². The van der Waals surface area contributed by atoms with Crippen LogP contribution in [0.15, 0.2) is 41.4 Å². The molecule has 2 aromatic carbocycles. The predicted octanol–water partition coefficient (Wildman–Crippen LogP) is 3.67. The number of aromatic hydroxyl groups is 1. The standard InChI is InChI=1S/C18H19F2NO4/c1-23-15-5-3-4-13(17(15)22)11-21-9-8-12-6-7-14(25-18(19)20)16(10-12)24-2/h3-7,10-11,18,22H,8-9H2,1-2H3.